The molecule has 1 atom stereocenters. The van der Waals surface area contributed by atoms with E-state index in [2.05, 4.69) is 16.8 Å². The number of aliphatic carboxylic acids is 1. The molecule has 2 N–H and O–H groups in total. The molecule has 1 aromatic carbocycles. The van der Waals surface area contributed by atoms with Gasteiger partial charge in [-0.1, -0.05) is 32.0 Å². The van der Waals surface area contributed by atoms with Gasteiger partial charge >= 0.3 is 5.97 Å². The summed E-state index contributed by atoms with van der Waals surface area (Å²) in [6.07, 6.45) is 2.15. The van der Waals surface area contributed by atoms with Gasteiger partial charge in [-0.2, -0.15) is 0 Å². The molecule has 0 bridgehead atoms. The van der Waals surface area contributed by atoms with Gasteiger partial charge < -0.3 is 15.0 Å². The van der Waals surface area contributed by atoms with Crippen molar-refractivity contribution in [1.29, 1.82) is 0 Å². The summed E-state index contributed by atoms with van der Waals surface area (Å²) in [5.41, 5.74) is 2.01. The van der Waals surface area contributed by atoms with Crippen LogP contribution < -0.4 is 5.32 Å². The quantitative estimate of drug-likeness (QED) is 0.861. The molecule has 1 amide bonds. The third-order valence-corrected chi connectivity index (χ3v) is 3.81. The van der Waals surface area contributed by atoms with E-state index < -0.39 is 12.0 Å². The Kier molecular flexibility index (Phi) is 4.85. The Balaban J connectivity index is 2.20. The van der Waals surface area contributed by atoms with Crippen molar-refractivity contribution in [1.82, 2.24) is 9.88 Å². The Morgan fingerprint density at radius 2 is 1.95 bits per heavy atom. The van der Waals surface area contributed by atoms with E-state index in [1.807, 2.05) is 30.5 Å². The number of carboxylic acids is 1. The molecular weight excluding hydrogens is 280 g/mol. The SMILES string of the molecule is CCn1cc(CC(=O)N[C@H](C(=O)O)C(C)C)c2ccccc21. The zero-order valence-electron chi connectivity index (χ0n) is 13.2. The third-order valence-electron chi connectivity index (χ3n) is 3.81. The van der Waals surface area contributed by atoms with Crippen molar-refractivity contribution in [2.75, 3.05) is 0 Å². The number of carbonyl (C=O) groups excluding carboxylic acids is 1. The molecule has 1 aromatic heterocycles. The van der Waals surface area contributed by atoms with E-state index in [0.29, 0.717) is 0 Å². The summed E-state index contributed by atoms with van der Waals surface area (Å²) in [7, 11) is 0. The number of nitrogens with zero attached hydrogens (tertiary/aromatic N) is 1. The minimum absolute atomic E-state index is 0.154. The predicted octanol–water partition coefficient (Wildman–Crippen LogP) is 2.43. The number of rotatable bonds is 6. The molecule has 2 aromatic rings. The molecule has 1 heterocycles. The molecule has 2 rings (SSSR count). The second-order valence-electron chi connectivity index (χ2n) is 5.76. The average Bonchev–Trinajstić information content (AvgIpc) is 2.82. The standard InChI is InChI=1S/C17H22N2O3/c1-4-19-10-12(13-7-5-6-8-14(13)19)9-15(20)18-16(11(2)3)17(21)22/h5-8,10-11,16H,4,9H2,1-3H3,(H,18,20)(H,21,22)/t16-/m0/s1. The fourth-order valence-electron chi connectivity index (χ4n) is 2.64. The lowest BCUT2D eigenvalue weighted by Crippen LogP contribution is -2.44. The summed E-state index contributed by atoms with van der Waals surface area (Å²) < 4.78 is 2.09. The molecule has 0 aliphatic rings. The van der Waals surface area contributed by atoms with Crippen LogP contribution in [0.2, 0.25) is 0 Å². The van der Waals surface area contributed by atoms with Gasteiger partial charge in [0.2, 0.25) is 5.91 Å². The number of benzene rings is 1. The zero-order chi connectivity index (χ0) is 16.3. The lowest BCUT2D eigenvalue weighted by Gasteiger charge is -2.17. The van der Waals surface area contributed by atoms with Gasteiger partial charge in [0.1, 0.15) is 6.04 Å². The van der Waals surface area contributed by atoms with Crippen LogP contribution in [-0.2, 0) is 22.6 Å². The first-order valence-corrected chi connectivity index (χ1v) is 7.53. The molecular formula is C17H22N2O3. The fourth-order valence-corrected chi connectivity index (χ4v) is 2.64. The van der Waals surface area contributed by atoms with E-state index in [4.69, 9.17) is 5.11 Å². The van der Waals surface area contributed by atoms with E-state index in [1.54, 1.807) is 13.8 Å². The number of carboxylic acid groups (broad SMARTS) is 1. The predicted molar refractivity (Wildman–Crippen MR) is 85.7 cm³/mol. The van der Waals surface area contributed by atoms with Crippen molar-refractivity contribution >= 4 is 22.8 Å². The number of fused-ring (bicyclic) bond motifs is 1. The van der Waals surface area contributed by atoms with Crippen molar-refractivity contribution in [3.8, 4) is 0 Å². The number of nitrogens with one attached hydrogen (secondary N) is 1. The van der Waals surface area contributed by atoms with Crippen molar-refractivity contribution in [3.05, 3.63) is 36.0 Å². The van der Waals surface area contributed by atoms with Crippen molar-refractivity contribution < 1.29 is 14.7 Å². The number of carbonyl (C=O) groups is 2. The number of hydrogen-bond acceptors (Lipinski definition) is 2. The monoisotopic (exact) mass is 302 g/mol. The summed E-state index contributed by atoms with van der Waals surface area (Å²) in [4.78, 5) is 23.4. The van der Waals surface area contributed by atoms with Crippen LogP contribution in [0.4, 0.5) is 0 Å². The van der Waals surface area contributed by atoms with Crippen LogP contribution >= 0.6 is 0 Å². The first-order chi connectivity index (χ1) is 10.4. The molecule has 0 aliphatic carbocycles. The summed E-state index contributed by atoms with van der Waals surface area (Å²) in [5.74, 6) is -1.42. The van der Waals surface area contributed by atoms with Gasteiger partial charge in [-0.15, -0.1) is 0 Å². The summed E-state index contributed by atoms with van der Waals surface area (Å²) in [6.45, 7) is 6.44. The van der Waals surface area contributed by atoms with Crippen LogP contribution in [-0.4, -0.2) is 27.6 Å². The number of hydrogen-bond donors (Lipinski definition) is 2. The lowest BCUT2D eigenvalue weighted by atomic mass is 10.0. The molecule has 0 saturated carbocycles. The molecule has 5 heteroatoms. The van der Waals surface area contributed by atoms with Crippen LogP contribution in [0.3, 0.4) is 0 Å². The Labute approximate surface area is 129 Å². The largest absolute Gasteiger partial charge is 0.480 e. The topological polar surface area (TPSA) is 71.3 Å². The average molecular weight is 302 g/mol. The fraction of sp³-hybridized carbons (Fsp3) is 0.412. The lowest BCUT2D eigenvalue weighted by molar-refractivity contribution is -0.143. The minimum Gasteiger partial charge on any atom is -0.480 e. The normalized spacial score (nSPS) is 12.5. The number of aryl methyl sites for hydroxylation is 1. The van der Waals surface area contributed by atoms with Crippen molar-refractivity contribution in [2.24, 2.45) is 5.92 Å². The minimum atomic E-state index is -1.00. The van der Waals surface area contributed by atoms with Gasteiger partial charge in [0.25, 0.3) is 0 Å². The smallest absolute Gasteiger partial charge is 0.326 e. The van der Waals surface area contributed by atoms with Gasteiger partial charge in [-0.05, 0) is 24.5 Å². The highest BCUT2D eigenvalue weighted by molar-refractivity contribution is 5.91. The Morgan fingerprint density at radius 3 is 2.55 bits per heavy atom. The highest BCUT2D eigenvalue weighted by Crippen LogP contribution is 2.21. The molecule has 0 fully saturated rings. The Hall–Kier alpha value is -2.30. The first kappa shape index (κ1) is 16.1. The Bertz CT molecular complexity index is 688. The zero-order valence-corrected chi connectivity index (χ0v) is 13.2. The maximum Gasteiger partial charge on any atom is 0.326 e. The maximum absolute atomic E-state index is 12.2. The van der Waals surface area contributed by atoms with Crippen molar-refractivity contribution in [2.45, 2.75) is 39.8 Å². The van der Waals surface area contributed by atoms with Crippen LogP contribution in [0, 0.1) is 5.92 Å². The summed E-state index contributed by atoms with van der Waals surface area (Å²) >= 11 is 0. The molecule has 118 valence electrons. The third kappa shape index (κ3) is 3.30. The van der Waals surface area contributed by atoms with Gasteiger partial charge in [0.05, 0.1) is 6.42 Å². The molecule has 0 aliphatic heterocycles. The number of amides is 1. The molecule has 0 radical (unpaired) electrons. The van der Waals surface area contributed by atoms with E-state index in [-0.39, 0.29) is 18.2 Å². The van der Waals surface area contributed by atoms with E-state index in [1.165, 1.54) is 0 Å². The van der Waals surface area contributed by atoms with Crippen LogP contribution in [0.15, 0.2) is 30.5 Å². The van der Waals surface area contributed by atoms with Crippen LogP contribution in [0.5, 0.6) is 0 Å². The highest BCUT2D eigenvalue weighted by atomic mass is 16.4. The van der Waals surface area contributed by atoms with E-state index in [9.17, 15) is 9.59 Å². The molecule has 0 unspecified atom stereocenters. The van der Waals surface area contributed by atoms with Gasteiger partial charge in [0.15, 0.2) is 0 Å². The first-order valence-electron chi connectivity index (χ1n) is 7.53. The number of para-hydroxylation sites is 1. The van der Waals surface area contributed by atoms with Crippen LogP contribution in [0.1, 0.15) is 26.3 Å². The molecule has 22 heavy (non-hydrogen) atoms. The van der Waals surface area contributed by atoms with Crippen molar-refractivity contribution in [3.63, 3.8) is 0 Å². The van der Waals surface area contributed by atoms with Crippen LogP contribution in [0.25, 0.3) is 10.9 Å². The van der Waals surface area contributed by atoms with Gasteiger partial charge in [-0.25, -0.2) is 4.79 Å². The maximum atomic E-state index is 12.2. The summed E-state index contributed by atoms with van der Waals surface area (Å²) in [5, 5.41) is 12.8. The van der Waals surface area contributed by atoms with E-state index >= 15 is 0 Å². The summed E-state index contributed by atoms with van der Waals surface area (Å²) in [6, 6.07) is 7.07. The molecule has 0 saturated heterocycles. The molecule has 0 spiro atoms. The second kappa shape index (κ2) is 6.64. The Morgan fingerprint density at radius 1 is 1.27 bits per heavy atom. The number of aromatic nitrogens is 1. The van der Waals surface area contributed by atoms with E-state index in [0.717, 1.165) is 23.0 Å². The second-order valence-corrected chi connectivity index (χ2v) is 5.76. The highest BCUT2D eigenvalue weighted by Gasteiger charge is 2.23. The van der Waals surface area contributed by atoms with Gasteiger partial charge in [0, 0.05) is 23.6 Å². The molecule has 5 nitrogen and oxygen atoms in total. The van der Waals surface area contributed by atoms with Gasteiger partial charge in [-0.3, -0.25) is 4.79 Å².